The van der Waals surface area contributed by atoms with Crippen molar-refractivity contribution in [3.05, 3.63) is 11.8 Å². The molecular formula is C14H20F3N5O3. The van der Waals surface area contributed by atoms with Crippen LogP contribution in [0.2, 0.25) is 0 Å². The molecule has 2 heterocycles. The number of likely N-dealkylation sites (tertiary alicyclic amines) is 1. The molecule has 0 aliphatic carbocycles. The maximum Gasteiger partial charge on any atom is 0.405 e. The number of hydrogen-bond donors (Lipinski definition) is 2. The van der Waals surface area contributed by atoms with Crippen LogP contribution in [0.4, 0.5) is 23.8 Å². The fourth-order valence-corrected chi connectivity index (χ4v) is 2.63. The van der Waals surface area contributed by atoms with E-state index in [1.807, 2.05) is 5.32 Å². The number of amides is 2. The van der Waals surface area contributed by atoms with E-state index in [0.29, 0.717) is 12.8 Å². The van der Waals surface area contributed by atoms with Gasteiger partial charge in [0.15, 0.2) is 0 Å². The standard InChI is InChI=1S/C14H20F3N5O3/c1-2-25-12(23)10-7-20-22(11(10)18)9-3-5-21(6-4-9)13(24)19-8-14(15,16)17/h7,9H,2-6,8,18H2,1H3,(H,19,24). The minimum absolute atomic E-state index is 0.144. The first-order valence-corrected chi connectivity index (χ1v) is 7.82. The van der Waals surface area contributed by atoms with Gasteiger partial charge < -0.3 is 20.7 Å². The minimum Gasteiger partial charge on any atom is -0.462 e. The van der Waals surface area contributed by atoms with Crippen LogP contribution in [0.3, 0.4) is 0 Å². The Labute approximate surface area is 142 Å². The number of nitrogens with one attached hydrogen (secondary N) is 1. The van der Waals surface area contributed by atoms with E-state index in [0.717, 1.165) is 0 Å². The smallest absolute Gasteiger partial charge is 0.405 e. The quantitative estimate of drug-likeness (QED) is 0.790. The Balaban J connectivity index is 1.92. The Morgan fingerprint density at radius 1 is 1.40 bits per heavy atom. The Kier molecular flexibility index (Phi) is 5.75. The molecular weight excluding hydrogens is 343 g/mol. The molecule has 1 fully saturated rings. The number of alkyl halides is 3. The van der Waals surface area contributed by atoms with Crippen LogP contribution >= 0.6 is 0 Å². The number of carbonyl (C=O) groups excluding carboxylic acids is 2. The number of esters is 1. The lowest BCUT2D eigenvalue weighted by molar-refractivity contribution is -0.123. The van der Waals surface area contributed by atoms with Crippen molar-refractivity contribution in [2.24, 2.45) is 0 Å². The van der Waals surface area contributed by atoms with Gasteiger partial charge in [-0.25, -0.2) is 14.3 Å². The van der Waals surface area contributed by atoms with Crippen LogP contribution in [-0.4, -0.2) is 59.1 Å². The molecule has 0 aromatic carbocycles. The zero-order chi connectivity index (χ0) is 18.6. The van der Waals surface area contributed by atoms with E-state index in [1.54, 1.807) is 6.92 Å². The van der Waals surface area contributed by atoms with Gasteiger partial charge in [0.2, 0.25) is 0 Å². The van der Waals surface area contributed by atoms with Crippen LogP contribution in [0.15, 0.2) is 6.20 Å². The number of anilines is 1. The van der Waals surface area contributed by atoms with Gasteiger partial charge in [-0.05, 0) is 19.8 Å². The van der Waals surface area contributed by atoms with Crippen LogP contribution < -0.4 is 11.1 Å². The highest BCUT2D eigenvalue weighted by atomic mass is 19.4. The molecule has 2 amide bonds. The van der Waals surface area contributed by atoms with Crippen molar-refractivity contribution in [2.75, 3.05) is 32.0 Å². The highest BCUT2D eigenvalue weighted by Crippen LogP contribution is 2.26. The fourth-order valence-electron chi connectivity index (χ4n) is 2.63. The number of urea groups is 1. The predicted octanol–water partition coefficient (Wildman–Crippen LogP) is 1.55. The summed E-state index contributed by atoms with van der Waals surface area (Å²) in [4.78, 5) is 24.8. The lowest BCUT2D eigenvalue weighted by atomic mass is 10.1. The number of halogens is 3. The first-order chi connectivity index (χ1) is 11.7. The number of aromatic nitrogens is 2. The Morgan fingerprint density at radius 2 is 2.04 bits per heavy atom. The van der Waals surface area contributed by atoms with Crippen LogP contribution in [0.5, 0.6) is 0 Å². The normalized spacial score (nSPS) is 15.9. The third kappa shape index (κ3) is 4.77. The lowest BCUT2D eigenvalue weighted by Gasteiger charge is -2.32. The second-order valence-electron chi connectivity index (χ2n) is 5.60. The summed E-state index contributed by atoms with van der Waals surface area (Å²) in [5, 5.41) is 5.95. The number of hydrogen-bond acceptors (Lipinski definition) is 5. The third-order valence-corrected chi connectivity index (χ3v) is 3.87. The number of ether oxygens (including phenoxy) is 1. The minimum atomic E-state index is -4.44. The summed E-state index contributed by atoms with van der Waals surface area (Å²) >= 11 is 0. The van der Waals surface area contributed by atoms with Crippen molar-refractivity contribution >= 4 is 17.8 Å². The molecule has 1 aliphatic heterocycles. The van der Waals surface area contributed by atoms with E-state index in [-0.39, 0.29) is 37.1 Å². The van der Waals surface area contributed by atoms with Crippen molar-refractivity contribution in [1.29, 1.82) is 0 Å². The zero-order valence-electron chi connectivity index (χ0n) is 13.7. The highest BCUT2D eigenvalue weighted by molar-refractivity contribution is 5.94. The van der Waals surface area contributed by atoms with Crippen LogP contribution in [-0.2, 0) is 4.74 Å². The Bertz CT molecular complexity index is 624. The summed E-state index contributed by atoms with van der Waals surface area (Å²) < 4.78 is 42.8. The number of carbonyl (C=O) groups is 2. The summed E-state index contributed by atoms with van der Waals surface area (Å²) in [5.41, 5.74) is 6.11. The molecule has 25 heavy (non-hydrogen) atoms. The first kappa shape index (κ1) is 18.9. The van der Waals surface area contributed by atoms with Gasteiger partial charge in [-0.15, -0.1) is 0 Å². The molecule has 0 radical (unpaired) electrons. The molecule has 1 aromatic heterocycles. The van der Waals surface area contributed by atoms with E-state index < -0.39 is 24.7 Å². The van der Waals surface area contributed by atoms with E-state index in [4.69, 9.17) is 10.5 Å². The average molecular weight is 363 g/mol. The Morgan fingerprint density at radius 3 is 2.60 bits per heavy atom. The molecule has 1 aliphatic rings. The van der Waals surface area contributed by atoms with Crippen molar-refractivity contribution in [3.63, 3.8) is 0 Å². The number of nitrogens with two attached hydrogens (primary N) is 1. The summed E-state index contributed by atoms with van der Waals surface area (Å²) in [6.45, 7) is 1.07. The second-order valence-corrected chi connectivity index (χ2v) is 5.60. The molecule has 1 aromatic rings. The molecule has 11 heteroatoms. The first-order valence-electron chi connectivity index (χ1n) is 7.82. The SMILES string of the molecule is CCOC(=O)c1cnn(C2CCN(C(=O)NCC(F)(F)F)CC2)c1N. The number of nitrogens with zero attached hydrogens (tertiary/aromatic N) is 3. The average Bonchev–Trinajstić information content (AvgIpc) is 2.94. The molecule has 0 bridgehead atoms. The highest BCUT2D eigenvalue weighted by Gasteiger charge is 2.31. The summed E-state index contributed by atoms with van der Waals surface area (Å²) in [7, 11) is 0. The van der Waals surface area contributed by atoms with Crippen molar-refractivity contribution in [3.8, 4) is 0 Å². The maximum atomic E-state index is 12.1. The molecule has 0 spiro atoms. The lowest BCUT2D eigenvalue weighted by Crippen LogP contribution is -2.47. The molecule has 0 atom stereocenters. The van der Waals surface area contributed by atoms with Gasteiger partial charge in [0.05, 0.1) is 18.8 Å². The summed E-state index contributed by atoms with van der Waals surface area (Å²) in [6, 6.07) is -0.897. The van der Waals surface area contributed by atoms with Crippen molar-refractivity contribution in [2.45, 2.75) is 32.0 Å². The third-order valence-electron chi connectivity index (χ3n) is 3.87. The summed E-state index contributed by atoms with van der Waals surface area (Å²) in [5.74, 6) is -0.381. The van der Waals surface area contributed by atoms with Crippen molar-refractivity contribution in [1.82, 2.24) is 20.0 Å². The molecule has 1 saturated heterocycles. The molecule has 0 unspecified atom stereocenters. The maximum absolute atomic E-state index is 12.1. The van der Waals surface area contributed by atoms with Gasteiger partial charge in [0, 0.05) is 13.1 Å². The Hall–Kier alpha value is -2.46. The number of piperidine rings is 1. The van der Waals surface area contributed by atoms with E-state index >= 15 is 0 Å². The van der Waals surface area contributed by atoms with Gasteiger partial charge in [0.25, 0.3) is 0 Å². The fraction of sp³-hybridized carbons (Fsp3) is 0.643. The molecule has 2 rings (SSSR count). The van der Waals surface area contributed by atoms with E-state index in [2.05, 4.69) is 5.10 Å². The molecule has 140 valence electrons. The largest absolute Gasteiger partial charge is 0.462 e. The van der Waals surface area contributed by atoms with Gasteiger partial charge in [0.1, 0.15) is 17.9 Å². The van der Waals surface area contributed by atoms with Crippen LogP contribution in [0.1, 0.15) is 36.2 Å². The topological polar surface area (TPSA) is 102 Å². The van der Waals surface area contributed by atoms with Crippen LogP contribution in [0, 0.1) is 0 Å². The van der Waals surface area contributed by atoms with E-state index in [9.17, 15) is 22.8 Å². The van der Waals surface area contributed by atoms with Gasteiger partial charge in [-0.1, -0.05) is 0 Å². The zero-order valence-corrected chi connectivity index (χ0v) is 13.7. The molecule has 0 saturated carbocycles. The second kappa shape index (κ2) is 7.62. The molecule has 3 N–H and O–H groups in total. The molecule has 8 nitrogen and oxygen atoms in total. The monoisotopic (exact) mass is 363 g/mol. The van der Waals surface area contributed by atoms with Crippen molar-refractivity contribution < 1.29 is 27.5 Å². The van der Waals surface area contributed by atoms with Gasteiger partial charge in [-0.3, -0.25) is 0 Å². The summed E-state index contributed by atoms with van der Waals surface area (Å²) in [6.07, 6.45) is -2.18. The number of nitrogen functional groups attached to an aromatic ring is 1. The number of rotatable bonds is 4. The van der Waals surface area contributed by atoms with E-state index in [1.165, 1.54) is 15.8 Å². The van der Waals surface area contributed by atoms with Gasteiger partial charge in [-0.2, -0.15) is 18.3 Å². The predicted molar refractivity (Wildman–Crippen MR) is 81.9 cm³/mol. The van der Waals surface area contributed by atoms with Crippen LogP contribution in [0.25, 0.3) is 0 Å². The van der Waals surface area contributed by atoms with Gasteiger partial charge >= 0.3 is 18.2 Å².